The van der Waals surface area contributed by atoms with Crippen molar-refractivity contribution in [2.24, 2.45) is 16.7 Å². The number of carbonyl (C=O) groups excluding carboxylic acids is 2. The van der Waals surface area contributed by atoms with Crippen molar-refractivity contribution in [2.45, 2.75) is 53.9 Å². The number of amides is 2. The Hall–Kier alpha value is -2.69. The van der Waals surface area contributed by atoms with Crippen LogP contribution < -0.4 is 5.32 Å². The van der Waals surface area contributed by atoms with E-state index in [9.17, 15) is 9.59 Å². The number of pyridine rings is 1. The zero-order chi connectivity index (χ0) is 23.4. The Kier molecular flexibility index (Phi) is 7.37. The summed E-state index contributed by atoms with van der Waals surface area (Å²) in [6, 6.07) is 12.3. The zero-order valence-electron chi connectivity index (χ0n) is 20.1. The van der Waals surface area contributed by atoms with E-state index in [1.165, 1.54) is 0 Å². The molecule has 0 spiro atoms. The summed E-state index contributed by atoms with van der Waals surface area (Å²) in [5.74, 6) is 0.570. The number of nitrogens with zero attached hydrogens (tertiary/aromatic N) is 2. The maximum absolute atomic E-state index is 13.5. The standard InChI is InChI=1S/C27H37N3O2/c1-20(2)18-29-25(32)27(12-15-30(19-27)24(31)17-26(3,4)5)16-22-8-6-7-9-23(22)21-10-13-28-14-11-21/h6-11,13-14,20H,12,15-19H2,1-5H3,(H,29,32)/t27-/m0/s1. The Balaban J connectivity index is 1.90. The predicted molar refractivity (Wildman–Crippen MR) is 129 cm³/mol. The van der Waals surface area contributed by atoms with Gasteiger partial charge in [-0.25, -0.2) is 0 Å². The number of aromatic nitrogens is 1. The Bertz CT molecular complexity index is 933. The molecule has 3 rings (SSSR count). The quantitative estimate of drug-likeness (QED) is 0.685. The normalized spacial score (nSPS) is 18.8. The molecule has 1 aromatic carbocycles. The molecule has 2 amide bonds. The van der Waals surface area contributed by atoms with Crippen LogP contribution in [-0.4, -0.2) is 41.3 Å². The molecule has 0 aliphatic carbocycles. The van der Waals surface area contributed by atoms with E-state index in [-0.39, 0.29) is 17.2 Å². The van der Waals surface area contributed by atoms with Crippen molar-refractivity contribution in [1.29, 1.82) is 0 Å². The van der Waals surface area contributed by atoms with E-state index in [2.05, 4.69) is 57.1 Å². The summed E-state index contributed by atoms with van der Waals surface area (Å²) in [6.45, 7) is 12.2. The maximum atomic E-state index is 13.5. The van der Waals surface area contributed by atoms with E-state index in [4.69, 9.17) is 0 Å². The van der Waals surface area contributed by atoms with Gasteiger partial charge in [0.2, 0.25) is 11.8 Å². The summed E-state index contributed by atoms with van der Waals surface area (Å²) >= 11 is 0. The molecule has 1 aliphatic rings. The Morgan fingerprint density at radius 2 is 1.81 bits per heavy atom. The van der Waals surface area contributed by atoms with Crippen molar-refractivity contribution in [3.63, 3.8) is 0 Å². The minimum absolute atomic E-state index is 0.0572. The topological polar surface area (TPSA) is 62.3 Å². The van der Waals surface area contributed by atoms with Crippen LogP contribution in [0.2, 0.25) is 0 Å². The summed E-state index contributed by atoms with van der Waals surface area (Å²) in [5.41, 5.74) is 2.64. The first-order valence-electron chi connectivity index (χ1n) is 11.6. The van der Waals surface area contributed by atoms with Crippen molar-refractivity contribution in [2.75, 3.05) is 19.6 Å². The highest BCUT2D eigenvalue weighted by molar-refractivity contribution is 5.86. The lowest BCUT2D eigenvalue weighted by Crippen LogP contribution is -2.46. The van der Waals surface area contributed by atoms with Gasteiger partial charge < -0.3 is 10.2 Å². The molecule has 1 atom stereocenters. The number of likely N-dealkylation sites (tertiary alicyclic amines) is 1. The molecule has 1 saturated heterocycles. The van der Waals surface area contributed by atoms with E-state index < -0.39 is 5.41 Å². The lowest BCUT2D eigenvalue weighted by atomic mass is 9.78. The summed E-state index contributed by atoms with van der Waals surface area (Å²) in [5, 5.41) is 3.17. The lowest BCUT2D eigenvalue weighted by Gasteiger charge is -2.30. The van der Waals surface area contributed by atoms with Crippen LogP contribution in [0.25, 0.3) is 11.1 Å². The molecule has 0 bridgehead atoms. The summed E-state index contributed by atoms with van der Waals surface area (Å²) in [7, 11) is 0. The number of rotatable bonds is 7. The van der Waals surface area contributed by atoms with Gasteiger partial charge in [-0.2, -0.15) is 0 Å². The number of nitrogens with one attached hydrogen (secondary N) is 1. The average molecular weight is 436 g/mol. The van der Waals surface area contributed by atoms with Gasteiger partial charge in [-0.3, -0.25) is 14.6 Å². The van der Waals surface area contributed by atoms with Crippen molar-refractivity contribution < 1.29 is 9.59 Å². The summed E-state index contributed by atoms with van der Waals surface area (Å²) < 4.78 is 0. The van der Waals surface area contributed by atoms with Gasteiger partial charge in [-0.1, -0.05) is 58.9 Å². The first kappa shape index (κ1) is 24.0. The second-order valence-corrected chi connectivity index (χ2v) is 10.8. The largest absolute Gasteiger partial charge is 0.355 e. The molecule has 1 aromatic heterocycles. The van der Waals surface area contributed by atoms with Crippen LogP contribution in [0.1, 0.15) is 53.0 Å². The monoisotopic (exact) mass is 435 g/mol. The number of hydrogen-bond acceptors (Lipinski definition) is 3. The Morgan fingerprint density at radius 1 is 1.12 bits per heavy atom. The van der Waals surface area contributed by atoms with Gasteiger partial charge in [-0.05, 0) is 53.0 Å². The molecule has 5 nitrogen and oxygen atoms in total. The smallest absolute Gasteiger partial charge is 0.228 e. The molecule has 1 fully saturated rings. The minimum Gasteiger partial charge on any atom is -0.355 e. The highest BCUT2D eigenvalue weighted by Gasteiger charge is 2.46. The molecule has 0 unspecified atom stereocenters. The van der Waals surface area contributed by atoms with Crippen LogP contribution in [0.15, 0.2) is 48.8 Å². The van der Waals surface area contributed by atoms with Gasteiger partial charge in [0.15, 0.2) is 0 Å². The fraction of sp³-hybridized carbons (Fsp3) is 0.519. The van der Waals surface area contributed by atoms with Gasteiger partial charge in [0.05, 0.1) is 5.41 Å². The minimum atomic E-state index is -0.619. The van der Waals surface area contributed by atoms with E-state index in [0.717, 1.165) is 16.7 Å². The van der Waals surface area contributed by atoms with Crippen molar-refractivity contribution in [3.8, 4) is 11.1 Å². The van der Waals surface area contributed by atoms with Crippen molar-refractivity contribution in [3.05, 3.63) is 54.4 Å². The molecular weight excluding hydrogens is 398 g/mol. The number of hydrogen-bond donors (Lipinski definition) is 1. The average Bonchev–Trinajstić information content (AvgIpc) is 3.17. The molecule has 5 heteroatoms. The second kappa shape index (κ2) is 9.85. The first-order valence-corrected chi connectivity index (χ1v) is 11.6. The van der Waals surface area contributed by atoms with Crippen LogP contribution in [0.3, 0.4) is 0 Å². The predicted octanol–water partition coefficient (Wildman–Crippen LogP) is 4.72. The molecule has 1 aliphatic heterocycles. The van der Waals surface area contributed by atoms with E-state index in [1.54, 1.807) is 12.4 Å². The lowest BCUT2D eigenvalue weighted by molar-refractivity contribution is -0.134. The third-order valence-corrected chi connectivity index (χ3v) is 6.08. The first-order chi connectivity index (χ1) is 15.1. The van der Waals surface area contributed by atoms with Gasteiger partial charge in [0.25, 0.3) is 0 Å². The highest BCUT2D eigenvalue weighted by Crippen LogP contribution is 2.38. The van der Waals surface area contributed by atoms with Gasteiger partial charge in [-0.15, -0.1) is 0 Å². The summed E-state index contributed by atoms with van der Waals surface area (Å²) in [4.78, 5) is 32.5. The SMILES string of the molecule is CC(C)CNC(=O)[C@]1(Cc2ccccc2-c2ccncc2)CCN(C(=O)CC(C)(C)C)C1. The number of benzene rings is 1. The fourth-order valence-electron chi connectivity index (χ4n) is 4.40. The number of carbonyl (C=O) groups is 2. The van der Waals surface area contributed by atoms with Crippen LogP contribution in [0.4, 0.5) is 0 Å². The molecular formula is C27H37N3O2. The van der Waals surface area contributed by atoms with Crippen LogP contribution in [0, 0.1) is 16.7 Å². The van der Waals surface area contributed by atoms with Crippen molar-refractivity contribution >= 4 is 11.8 Å². The third-order valence-electron chi connectivity index (χ3n) is 6.08. The van der Waals surface area contributed by atoms with E-state index in [1.807, 2.05) is 29.2 Å². The molecule has 2 aromatic rings. The molecule has 0 radical (unpaired) electrons. The van der Waals surface area contributed by atoms with Gasteiger partial charge in [0.1, 0.15) is 0 Å². The summed E-state index contributed by atoms with van der Waals surface area (Å²) in [6.07, 6.45) is 5.36. The molecule has 1 N–H and O–H groups in total. The van der Waals surface area contributed by atoms with Crippen LogP contribution in [-0.2, 0) is 16.0 Å². The van der Waals surface area contributed by atoms with Crippen molar-refractivity contribution in [1.82, 2.24) is 15.2 Å². The molecule has 172 valence electrons. The van der Waals surface area contributed by atoms with Gasteiger partial charge >= 0.3 is 0 Å². The van der Waals surface area contributed by atoms with E-state index in [0.29, 0.717) is 44.8 Å². The van der Waals surface area contributed by atoms with Crippen LogP contribution in [0.5, 0.6) is 0 Å². The van der Waals surface area contributed by atoms with E-state index >= 15 is 0 Å². The fourth-order valence-corrected chi connectivity index (χ4v) is 4.40. The molecule has 32 heavy (non-hydrogen) atoms. The van der Waals surface area contributed by atoms with Crippen LogP contribution >= 0.6 is 0 Å². The zero-order valence-corrected chi connectivity index (χ0v) is 20.1. The third kappa shape index (κ3) is 5.96. The molecule has 2 heterocycles. The maximum Gasteiger partial charge on any atom is 0.228 e. The molecule has 0 saturated carbocycles. The Morgan fingerprint density at radius 3 is 2.47 bits per heavy atom. The Labute approximate surface area is 192 Å². The highest BCUT2D eigenvalue weighted by atomic mass is 16.2. The van der Waals surface area contributed by atoms with Gasteiger partial charge in [0, 0.05) is 38.4 Å². The second-order valence-electron chi connectivity index (χ2n) is 10.8.